The maximum atomic E-state index is 5.35. The standard InChI is InChI=1S/C21H29N5OS/c1-16(27-4)20-24-18(15-28-20)14-25(3)21(22-2)23-13-17-8-7-9-19(12-17)26-10-5-6-11-26/h5-9,12,15-16H,10-11,13-14H2,1-4H3,(H,22,23). The van der Waals surface area contributed by atoms with Crippen molar-refractivity contribution < 1.29 is 4.74 Å². The van der Waals surface area contributed by atoms with Gasteiger partial charge in [-0.1, -0.05) is 24.3 Å². The molecule has 0 fully saturated rings. The largest absolute Gasteiger partial charge is 0.375 e. The Morgan fingerprint density at radius 2 is 2.18 bits per heavy atom. The van der Waals surface area contributed by atoms with Crippen LogP contribution >= 0.6 is 11.3 Å². The van der Waals surface area contributed by atoms with Crippen LogP contribution in [0.4, 0.5) is 5.69 Å². The number of aromatic nitrogens is 1. The molecule has 0 radical (unpaired) electrons. The summed E-state index contributed by atoms with van der Waals surface area (Å²) in [5.41, 5.74) is 3.52. The van der Waals surface area contributed by atoms with Crippen molar-refractivity contribution in [3.05, 3.63) is 58.1 Å². The fraction of sp³-hybridized carbons (Fsp3) is 0.429. The van der Waals surface area contributed by atoms with Crippen molar-refractivity contribution in [3.63, 3.8) is 0 Å². The van der Waals surface area contributed by atoms with Gasteiger partial charge in [-0.05, 0) is 24.6 Å². The van der Waals surface area contributed by atoms with Gasteiger partial charge < -0.3 is 19.9 Å². The van der Waals surface area contributed by atoms with Crippen molar-refractivity contribution in [2.75, 3.05) is 39.2 Å². The van der Waals surface area contributed by atoms with Crippen LogP contribution in [0.3, 0.4) is 0 Å². The Labute approximate surface area is 171 Å². The molecule has 1 aliphatic rings. The van der Waals surface area contributed by atoms with Crippen LogP contribution in [0.1, 0.15) is 29.3 Å². The number of rotatable bonds is 7. The molecule has 0 amide bonds. The first kappa shape index (κ1) is 20.4. The molecule has 0 saturated carbocycles. The Balaban J connectivity index is 1.56. The fourth-order valence-electron chi connectivity index (χ4n) is 3.12. The van der Waals surface area contributed by atoms with Gasteiger partial charge in [0, 0.05) is 51.9 Å². The first-order chi connectivity index (χ1) is 13.6. The molecular weight excluding hydrogens is 370 g/mol. The lowest BCUT2D eigenvalue weighted by molar-refractivity contribution is 0.119. The zero-order valence-electron chi connectivity index (χ0n) is 17.1. The van der Waals surface area contributed by atoms with Gasteiger partial charge >= 0.3 is 0 Å². The Hall–Kier alpha value is -2.38. The smallest absolute Gasteiger partial charge is 0.194 e. The molecular formula is C21H29N5OS. The van der Waals surface area contributed by atoms with Crippen LogP contribution in [-0.2, 0) is 17.8 Å². The second kappa shape index (κ2) is 9.71. The fourth-order valence-corrected chi connectivity index (χ4v) is 3.96. The Morgan fingerprint density at radius 1 is 1.39 bits per heavy atom. The lowest BCUT2D eigenvalue weighted by Crippen LogP contribution is -2.38. The number of hydrogen-bond donors (Lipinski definition) is 1. The molecule has 3 rings (SSSR count). The predicted molar refractivity (Wildman–Crippen MR) is 117 cm³/mol. The molecule has 150 valence electrons. The number of aliphatic imine (C=N–C) groups is 1. The highest BCUT2D eigenvalue weighted by Gasteiger charge is 2.13. The van der Waals surface area contributed by atoms with Crippen molar-refractivity contribution >= 4 is 23.0 Å². The maximum Gasteiger partial charge on any atom is 0.194 e. The number of guanidine groups is 1. The molecule has 28 heavy (non-hydrogen) atoms. The van der Waals surface area contributed by atoms with Crippen LogP contribution in [0.5, 0.6) is 0 Å². The molecule has 0 saturated heterocycles. The maximum absolute atomic E-state index is 5.35. The van der Waals surface area contributed by atoms with E-state index in [-0.39, 0.29) is 6.10 Å². The van der Waals surface area contributed by atoms with Gasteiger partial charge in [-0.3, -0.25) is 4.99 Å². The van der Waals surface area contributed by atoms with Gasteiger partial charge in [-0.15, -0.1) is 11.3 Å². The highest BCUT2D eigenvalue weighted by molar-refractivity contribution is 7.09. The molecule has 2 aromatic rings. The second-order valence-corrected chi connectivity index (χ2v) is 7.75. The quantitative estimate of drug-likeness (QED) is 0.439. The van der Waals surface area contributed by atoms with E-state index >= 15 is 0 Å². The zero-order chi connectivity index (χ0) is 19.9. The van der Waals surface area contributed by atoms with Crippen molar-refractivity contribution in [1.82, 2.24) is 15.2 Å². The molecule has 0 spiro atoms. The van der Waals surface area contributed by atoms with Gasteiger partial charge in [0.1, 0.15) is 11.1 Å². The number of methoxy groups -OCH3 is 1. The molecule has 1 N–H and O–H groups in total. The van der Waals surface area contributed by atoms with Crippen LogP contribution in [0.2, 0.25) is 0 Å². The summed E-state index contributed by atoms with van der Waals surface area (Å²) in [7, 11) is 5.55. The molecule has 0 aliphatic carbocycles. The molecule has 1 aromatic heterocycles. The average molecular weight is 400 g/mol. The first-order valence-electron chi connectivity index (χ1n) is 9.48. The molecule has 0 bridgehead atoms. The number of ether oxygens (including phenoxy) is 1. The van der Waals surface area contributed by atoms with Crippen LogP contribution in [0, 0.1) is 0 Å². The normalized spacial score (nSPS) is 15.1. The van der Waals surface area contributed by atoms with E-state index in [2.05, 4.69) is 66.9 Å². The summed E-state index contributed by atoms with van der Waals surface area (Å²) in [5, 5.41) is 6.54. The van der Waals surface area contributed by atoms with Crippen molar-refractivity contribution in [1.29, 1.82) is 0 Å². The number of hydrogen-bond acceptors (Lipinski definition) is 5. The molecule has 1 atom stereocenters. The minimum absolute atomic E-state index is 0.0274. The van der Waals surface area contributed by atoms with Crippen molar-refractivity contribution in [3.8, 4) is 0 Å². The van der Waals surface area contributed by atoms with Crippen molar-refractivity contribution in [2.24, 2.45) is 4.99 Å². The Kier molecular flexibility index (Phi) is 7.06. The second-order valence-electron chi connectivity index (χ2n) is 6.86. The summed E-state index contributed by atoms with van der Waals surface area (Å²) >= 11 is 1.63. The number of thiazole rings is 1. The van der Waals surface area contributed by atoms with E-state index in [0.717, 1.165) is 36.3 Å². The van der Waals surface area contributed by atoms with E-state index in [1.807, 2.05) is 21.0 Å². The van der Waals surface area contributed by atoms with E-state index < -0.39 is 0 Å². The molecule has 7 heteroatoms. The first-order valence-corrected chi connectivity index (χ1v) is 10.4. The summed E-state index contributed by atoms with van der Waals surface area (Å²) in [6.45, 7) is 5.41. The summed E-state index contributed by atoms with van der Waals surface area (Å²) in [5.74, 6) is 0.850. The SMILES string of the molecule is CN=C(NCc1cccc(N2CC=CC2)c1)N(C)Cc1csc(C(C)OC)n1. The molecule has 1 aliphatic heterocycles. The lowest BCUT2D eigenvalue weighted by atomic mass is 10.2. The third-order valence-electron chi connectivity index (χ3n) is 4.79. The van der Waals surface area contributed by atoms with E-state index in [4.69, 9.17) is 4.74 Å². The van der Waals surface area contributed by atoms with Crippen LogP contribution in [0.25, 0.3) is 0 Å². The monoisotopic (exact) mass is 399 g/mol. The van der Waals surface area contributed by atoms with Crippen LogP contribution < -0.4 is 10.2 Å². The third kappa shape index (κ3) is 5.11. The molecule has 6 nitrogen and oxygen atoms in total. The van der Waals surface area contributed by atoms with Gasteiger partial charge in [0.2, 0.25) is 0 Å². The van der Waals surface area contributed by atoms with Crippen molar-refractivity contribution in [2.45, 2.75) is 26.1 Å². The topological polar surface area (TPSA) is 53.0 Å². The molecule has 1 unspecified atom stereocenters. The number of nitrogens with one attached hydrogen (secondary N) is 1. The van der Waals surface area contributed by atoms with Gasteiger partial charge in [-0.25, -0.2) is 4.98 Å². The number of benzene rings is 1. The highest BCUT2D eigenvalue weighted by atomic mass is 32.1. The minimum Gasteiger partial charge on any atom is -0.375 e. The van der Waals surface area contributed by atoms with Gasteiger partial charge in [0.05, 0.1) is 12.2 Å². The van der Waals surface area contributed by atoms with E-state index in [1.165, 1.54) is 11.3 Å². The van der Waals surface area contributed by atoms with Gasteiger partial charge in [0.25, 0.3) is 0 Å². The third-order valence-corrected chi connectivity index (χ3v) is 5.84. The van der Waals surface area contributed by atoms with Gasteiger partial charge in [-0.2, -0.15) is 0 Å². The van der Waals surface area contributed by atoms with Gasteiger partial charge in [0.15, 0.2) is 5.96 Å². The van der Waals surface area contributed by atoms with E-state index in [9.17, 15) is 0 Å². The van der Waals surface area contributed by atoms with Crippen LogP contribution in [-0.4, -0.2) is 50.1 Å². The number of anilines is 1. The highest BCUT2D eigenvalue weighted by Crippen LogP contribution is 2.21. The number of nitrogens with zero attached hydrogens (tertiary/aromatic N) is 4. The predicted octanol–water partition coefficient (Wildman–Crippen LogP) is 3.43. The van der Waals surface area contributed by atoms with E-state index in [0.29, 0.717) is 6.54 Å². The summed E-state index contributed by atoms with van der Waals surface area (Å²) in [6, 6.07) is 8.67. The average Bonchev–Trinajstić information content (AvgIpc) is 3.40. The Morgan fingerprint density at radius 3 is 2.89 bits per heavy atom. The molecule has 1 aromatic carbocycles. The van der Waals surface area contributed by atoms with Crippen LogP contribution in [0.15, 0.2) is 46.8 Å². The summed E-state index contributed by atoms with van der Waals surface area (Å²) in [6.07, 6.45) is 4.44. The summed E-state index contributed by atoms with van der Waals surface area (Å²) < 4.78 is 5.35. The van der Waals surface area contributed by atoms with E-state index in [1.54, 1.807) is 18.4 Å². The Bertz CT molecular complexity index is 824. The minimum atomic E-state index is 0.0274. The summed E-state index contributed by atoms with van der Waals surface area (Å²) in [4.78, 5) is 13.5. The molecule has 2 heterocycles. The zero-order valence-corrected chi connectivity index (χ0v) is 17.9. The lowest BCUT2D eigenvalue weighted by Gasteiger charge is -2.22.